The Morgan fingerprint density at radius 1 is 1.27 bits per heavy atom. The molecule has 2 fully saturated rings. The van der Waals surface area contributed by atoms with Crippen molar-refractivity contribution in [2.75, 3.05) is 6.61 Å². The van der Waals surface area contributed by atoms with Crippen LogP contribution in [-0.4, -0.2) is 20.7 Å². The summed E-state index contributed by atoms with van der Waals surface area (Å²) in [5.41, 5.74) is 0.322. The summed E-state index contributed by atoms with van der Waals surface area (Å²) in [7, 11) is -1.67. The average Bonchev–Trinajstić information content (AvgIpc) is 2.40. The monoisotopic (exact) mass is 228 g/mol. The molecule has 2 nitrogen and oxygen atoms in total. The van der Waals surface area contributed by atoms with Gasteiger partial charge in [0.1, 0.15) is 0 Å². The van der Waals surface area contributed by atoms with Gasteiger partial charge in [0.05, 0.1) is 6.61 Å². The Hall–Kier alpha value is 0.137. The zero-order valence-electron chi connectivity index (χ0n) is 10.9. The summed E-state index contributed by atoms with van der Waals surface area (Å²) in [5.74, 6) is -0.198. The lowest BCUT2D eigenvalue weighted by Gasteiger charge is -2.39. The van der Waals surface area contributed by atoms with Crippen LogP contribution in [0.3, 0.4) is 0 Å². The molecule has 0 bridgehead atoms. The number of fused-ring (bicyclic) bond motifs is 1. The van der Waals surface area contributed by atoms with Gasteiger partial charge in [0.15, 0.2) is 14.1 Å². The van der Waals surface area contributed by atoms with Gasteiger partial charge in [-0.15, -0.1) is 0 Å². The highest BCUT2D eigenvalue weighted by molar-refractivity contribution is 6.74. The fraction of sp³-hybridized carbons (Fsp3) is 1.00. The lowest BCUT2D eigenvalue weighted by atomic mass is 10.1. The maximum absolute atomic E-state index is 6.44. The Morgan fingerprint density at radius 3 is 2.20 bits per heavy atom. The molecule has 2 aliphatic rings. The molecule has 15 heavy (non-hydrogen) atoms. The highest BCUT2D eigenvalue weighted by atomic mass is 28.4. The molecule has 0 aromatic carbocycles. The van der Waals surface area contributed by atoms with Crippen molar-refractivity contribution in [3.8, 4) is 0 Å². The molecule has 0 spiro atoms. The van der Waals surface area contributed by atoms with E-state index in [2.05, 4.69) is 40.8 Å². The molecule has 88 valence electrons. The number of hydrogen-bond donors (Lipinski definition) is 0. The standard InChI is InChI=1S/C12H24O2Si/c1-10(2,3)15(5,6)14-12-9-11(12,4)7-8-13-12/h7-9H2,1-6H3/t11-,12-/m0/s1. The van der Waals surface area contributed by atoms with Crippen LogP contribution in [0.1, 0.15) is 40.5 Å². The lowest BCUT2D eigenvalue weighted by Crippen LogP contribution is -2.46. The Kier molecular flexibility index (Phi) is 2.23. The van der Waals surface area contributed by atoms with Gasteiger partial charge in [0.25, 0.3) is 0 Å². The van der Waals surface area contributed by atoms with Gasteiger partial charge in [0.2, 0.25) is 0 Å². The second kappa shape index (κ2) is 2.87. The van der Waals surface area contributed by atoms with Crippen LogP contribution >= 0.6 is 0 Å². The van der Waals surface area contributed by atoms with Crippen LogP contribution in [0.5, 0.6) is 0 Å². The molecule has 0 unspecified atom stereocenters. The highest BCUT2D eigenvalue weighted by Crippen LogP contribution is 2.67. The summed E-state index contributed by atoms with van der Waals surface area (Å²) in [6.07, 6.45) is 2.27. The van der Waals surface area contributed by atoms with Gasteiger partial charge in [-0.05, 0) is 24.6 Å². The van der Waals surface area contributed by atoms with Crippen molar-refractivity contribution >= 4 is 8.32 Å². The Labute approximate surface area is 94.5 Å². The first-order chi connectivity index (χ1) is 6.62. The van der Waals surface area contributed by atoms with Gasteiger partial charge in [0, 0.05) is 11.8 Å². The third kappa shape index (κ3) is 1.59. The van der Waals surface area contributed by atoms with Crippen LogP contribution in [0.25, 0.3) is 0 Å². The quantitative estimate of drug-likeness (QED) is 0.673. The minimum Gasteiger partial charge on any atom is -0.390 e. The van der Waals surface area contributed by atoms with Gasteiger partial charge in [-0.3, -0.25) is 0 Å². The largest absolute Gasteiger partial charge is 0.390 e. The van der Waals surface area contributed by atoms with E-state index in [1.54, 1.807) is 0 Å². The van der Waals surface area contributed by atoms with E-state index in [9.17, 15) is 0 Å². The molecule has 0 aromatic heterocycles. The van der Waals surface area contributed by atoms with E-state index in [0.717, 1.165) is 13.0 Å². The van der Waals surface area contributed by atoms with E-state index in [-0.39, 0.29) is 10.8 Å². The summed E-state index contributed by atoms with van der Waals surface area (Å²) >= 11 is 0. The van der Waals surface area contributed by atoms with Gasteiger partial charge >= 0.3 is 0 Å². The normalized spacial score (nSPS) is 40.4. The van der Waals surface area contributed by atoms with Crippen molar-refractivity contribution in [1.29, 1.82) is 0 Å². The van der Waals surface area contributed by atoms with E-state index in [1.165, 1.54) is 6.42 Å². The predicted molar refractivity (Wildman–Crippen MR) is 64.3 cm³/mol. The van der Waals surface area contributed by atoms with Crippen LogP contribution in [0.2, 0.25) is 18.1 Å². The Balaban J connectivity index is 2.11. The molecule has 1 aliphatic heterocycles. The van der Waals surface area contributed by atoms with E-state index in [4.69, 9.17) is 9.16 Å². The third-order valence-corrected chi connectivity index (χ3v) is 9.09. The van der Waals surface area contributed by atoms with Gasteiger partial charge in [-0.2, -0.15) is 0 Å². The summed E-state index contributed by atoms with van der Waals surface area (Å²) in [4.78, 5) is 0. The van der Waals surface area contributed by atoms with Crippen molar-refractivity contribution < 1.29 is 9.16 Å². The van der Waals surface area contributed by atoms with Crippen LogP contribution in [0, 0.1) is 5.41 Å². The Bertz CT molecular complexity index is 273. The zero-order valence-corrected chi connectivity index (χ0v) is 11.9. The molecule has 0 radical (unpaired) electrons. The van der Waals surface area contributed by atoms with Crippen molar-refractivity contribution in [3.05, 3.63) is 0 Å². The lowest BCUT2D eigenvalue weighted by molar-refractivity contribution is -0.101. The molecule has 0 N–H and O–H groups in total. The molecule has 2 rings (SSSR count). The maximum Gasteiger partial charge on any atom is 0.195 e. The van der Waals surface area contributed by atoms with Crippen LogP contribution in [-0.2, 0) is 9.16 Å². The molecule has 3 heteroatoms. The fourth-order valence-electron chi connectivity index (χ4n) is 2.17. The minimum absolute atomic E-state index is 0.198. The molecule has 0 amide bonds. The van der Waals surface area contributed by atoms with Crippen LogP contribution in [0.15, 0.2) is 0 Å². The van der Waals surface area contributed by atoms with Crippen molar-refractivity contribution in [2.45, 2.75) is 64.5 Å². The molecule has 0 aromatic rings. The fourth-order valence-corrected chi connectivity index (χ4v) is 3.68. The zero-order chi connectivity index (χ0) is 11.5. The first-order valence-corrected chi connectivity index (χ1v) is 8.87. The van der Waals surface area contributed by atoms with E-state index >= 15 is 0 Å². The molecule has 2 atom stereocenters. The first kappa shape index (κ1) is 11.6. The molecular weight excluding hydrogens is 204 g/mol. The third-order valence-electron chi connectivity index (χ3n) is 4.63. The van der Waals surface area contributed by atoms with Gasteiger partial charge in [-0.1, -0.05) is 27.7 Å². The SMILES string of the molecule is CC(C)(C)[Si](C)(C)O[C@@]12C[C@]1(C)CCO2. The smallest absolute Gasteiger partial charge is 0.195 e. The average molecular weight is 228 g/mol. The van der Waals surface area contributed by atoms with Crippen molar-refractivity contribution in [2.24, 2.45) is 5.41 Å². The van der Waals surface area contributed by atoms with E-state index < -0.39 is 8.32 Å². The topological polar surface area (TPSA) is 18.5 Å². The summed E-state index contributed by atoms with van der Waals surface area (Å²) < 4.78 is 12.3. The summed E-state index contributed by atoms with van der Waals surface area (Å²) in [6, 6.07) is 0. The van der Waals surface area contributed by atoms with Gasteiger partial charge in [-0.25, -0.2) is 0 Å². The minimum atomic E-state index is -1.67. The second-order valence-electron chi connectivity index (χ2n) is 6.95. The second-order valence-corrected chi connectivity index (χ2v) is 11.7. The maximum atomic E-state index is 6.44. The number of rotatable bonds is 2. The van der Waals surface area contributed by atoms with Crippen LogP contribution in [0.4, 0.5) is 0 Å². The van der Waals surface area contributed by atoms with Crippen molar-refractivity contribution in [3.63, 3.8) is 0 Å². The molecular formula is C12H24O2Si. The molecule has 1 saturated carbocycles. The molecule has 1 aliphatic carbocycles. The molecule has 1 heterocycles. The summed E-state index contributed by atoms with van der Waals surface area (Å²) in [6.45, 7) is 14.6. The molecule has 1 saturated heterocycles. The number of hydrogen-bond acceptors (Lipinski definition) is 2. The Morgan fingerprint density at radius 2 is 1.87 bits per heavy atom. The number of ether oxygens (including phenoxy) is 1. The summed E-state index contributed by atoms with van der Waals surface area (Å²) in [5, 5.41) is 0.275. The highest BCUT2D eigenvalue weighted by Gasteiger charge is 2.72. The van der Waals surface area contributed by atoms with E-state index in [1.807, 2.05) is 0 Å². The van der Waals surface area contributed by atoms with Crippen LogP contribution < -0.4 is 0 Å². The van der Waals surface area contributed by atoms with Gasteiger partial charge < -0.3 is 9.16 Å². The van der Waals surface area contributed by atoms with Crippen molar-refractivity contribution in [1.82, 2.24) is 0 Å². The van der Waals surface area contributed by atoms with E-state index in [0.29, 0.717) is 5.41 Å². The first-order valence-electron chi connectivity index (χ1n) is 5.96. The predicted octanol–water partition coefficient (Wildman–Crippen LogP) is 3.53.